The van der Waals surface area contributed by atoms with Crippen LogP contribution in [0.4, 0.5) is 0 Å². The summed E-state index contributed by atoms with van der Waals surface area (Å²) in [5.74, 6) is 1.38. The molecule has 3 fully saturated rings. The molecular formula is C20H23AsN2O3. The predicted octanol–water partition coefficient (Wildman–Crippen LogP) is 2.40. The molecule has 1 unspecified atom stereocenters. The van der Waals surface area contributed by atoms with E-state index in [1.54, 1.807) is 12.1 Å². The molecule has 0 saturated carbocycles. The number of rotatable bonds is 5. The quantitative estimate of drug-likeness (QED) is 0.764. The number of hydrogen-bond donors (Lipinski definition) is 1. The van der Waals surface area contributed by atoms with Gasteiger partial charge < -0.3 is 0 Å². The van der Waals surface area contributed by atoms with Gasteiger partial charge in [0.15, 0.2) is 0 Å². The zero-order valence-electron chi connectivity index (χ0n) is 14.8. The van der Waals surface area contributed by atoms with Crippen LogP contribution in [-0.2, 0) is 0 Å². The predicted molar refractivity (Wildman–Crippen MR) is 102 cm³/mol. The van der Waals surface area contributed by atoms with E-state index in [1.165, 1.54) is 0 Å². The fraction of sp³-hybridized carbons (Fsp3) is 0.400. The fourth-order valence-electron chi connectivity index (χ4n) is 3.94. The van der Waals surface area contributed by atoms with Crippen LogP contribution in [0.2, 0.25) is 5.71 Å². The average Bonchev–Trinajstić information content (AvgIpc) is 3.19. The third-order valence-electron chi connectivity index (χ3n) is 5.44. The minimum atomic E-state index is -0.602. The van der Waals surface area contributed by atoms with E-state index in [9.17, 15) is 9.59 Å². The van der Waals surface area contributed by atoms with Gasteiger partial charge in [0, 0.05) is 0 Å². The van der Waals surface area contributed by atoms with Crippen LogP contribution in [-0.4, -0.2) is 56.8 Å². The van der Waals surface area contributed by atoms with Crippen LogP contribution in [0.15, 0.2) is 40.8 Å². The van der Waals surface area contributed by atoms with Gasteiger partial charge in [0.1, 0.15) is 0 Å². The summed E-state index contributed by atoms with van der Waals surface area (Å²) in [4.78, 5) is 26.9. The number of carbonyl (C=O) groups is 2. The number of fused-ring (bicyclic) bond motifs is 3. The first-order chi connectivity index (χ1) is 12.6. The minimum absolute atomic E-state index is 0.151. The molecule has 5 rings (SSSR count). The average molecular weight is 414 g/mol. The molecule has 1 N–H and O–H groups in total. The van der Waals surface area contributed by atoms with Gasteiger partial charge in [-0.2, -0.15) is 0 Å². The molecule has 0 radical (unpaired) electrons. The van der Waals surface area contributed by atoms with Gasteiger partial charge >= 0.3 is 147 Å². The number of amides is 1. The van der Waals surface area contributed by atoms with E-state index in [4.69, 9.17) is 4.42 Å². The van der Waals surface area contributed by atoms with Crippen LogP contribution >= 0.6 is 0 Å². The number of hydrogen-bond acceptors (Lipinski definition) is 4. The second kappa shape index (κ2) is 7.42. The summed E-state index contributed by atoms with van der Waals surface area (Å²) in [5, 5.41) is 3.15. The number of nitrogens with zero attached hydrogens (tertiary/aromatic N) is 1. The Bertz CT molecular complexity index is 824. The molecule has 1 aromatic carbocycles. The number of nitrogens with one attached hydrogen (secondary N) is 1. The Morgan fingerprint density at radius 2 is 2.00 bits per heavy atom. The Hall–Kier alpha value is -1.84. The Labute approximate surface area is 159 Å². The van der Waals surface area contributed by atoms with Crippen LogP contribution in [0.3, 0.4) is 0 Å². The van der Waals surface area contributed by atoms with E-state index in [2.05, 4.69) is 10.2 Å². The Kier molecular flexibility index (Phi) is 5.01. The van der Waals surface area contributed by atoms with Gasteiger partial charge in [0.05, 0.1) is 0 Å². The molecule has 3 aliphatic rings. The van der Waals surface area contributed by atoms with Crippen LogP contribution in [0.1, 0.15) is 33.8 Å². The van der Waals surface area contributed by atoms with E-state index < -0.39 is 15.8 Å². The van der Waals surface area contributed by atoms with Crippen LogP contribution in [0.5, 0.6) is 0 Å². The van der Waals surface area contributed by atoms with E-state index >= 15 is 0 Å². The van der Waals surface area contributed by atoms with Gasteiger partial charge in [-0.25, -0.2) is 0 Å². The summed E-state index contributed by atoms with van der Waals surface area (Å²) in [6.45, 7) is 3.24. The SMILES string of the molecule is C[AsH]C(=O)c1cccc(-c2ccc(C(=O)N[C@H]3CN4CCC3CC4)o2)c1. The van der Waals surface area contributed by atoms with Crippen molar-refractivity contribution in [3.05, 3.63) is 47.7 Å². The van der Waals surface area contributed by atoms with Gasteiger partial charge in [0.2, 0.25) is 0 Å². The molecule has 3 saturated heterocycles. The number of piperidine rings is 3. The van der Waals surface area contributed by atoms with Crippen molar-refractivity contribution in [1.82, 2.24) is 10.2 Å². The summed E-state index contributed by atoms with van der Waals surface area (Å²) in [5.41, 5.74) is 3.52. The van der Waals surface area contributed by atoms with Gasteiger partial charge in [0.25, 0.3) is 0 Å². The van der Waals surface area contributed by atoms with E-state index in [0.717, 1.165) is 43.6 Å². The van der Waals surface area contributed by atoms with Gasteiger partial charge in [-0.15, -0.1) is 0 Å². The normalized spacial score (nSPS) is 24.9. The molecule has 2 aromatic rings. The first-order valence-corrected chi connectivity index (χ1v) is 12.2. The van der Waals surface area contributed by atoms with Crippen molar-refractivity contribution in [2.45, 2.75) is 24.6 Å². The molecule has 4 heterocycles. The molecule has 6 heteroatoms. The summed E-state index contributed by atoms with van der Waals surface area (Å²) in [7, 11) is 0. The molecule has 136 valence electrons. The molecule has 1 amide bonds. The molecule has 2 bridgehead atoms. The molecule has 26 heavy (non-hydrogen) atoms. The zero-order valence-corrected chi connectivity index (χ0v) is 16.9. The third kappa shape index (κ3) is 3.51. The van der Waals surface area contributed by atoms with Crippen molar-refractivity contribution in [2.24, 2.45) is 5.92 Å². The summed E-state index contributed by atoms with van der Waals surface area (Å²) < 4.78 is 6.02. The van der Waals surface area contributed by atoms with Crippen molar-refractivity contribution < 1.29 is 14.0 Å². The second-order valence-electron chi connectivity index (χ2n) is 7.04. The van der Waals surface area contributed by atoms with Gasteiger partial charge in [-0.05, 0) is 13.1 Å². The number of carbonyl (C=O) groups excluding carboxylic acids is 2. The summed E-state index contributed by atoms with van der Waals surface area (Å²) in [6, 6.07) is 11.2. The number of furan rings is 1. The van der Waals surface area contributed by atoms with Crippen LogP contribution < -0.4 is 5.32 Å². The van der Waals surface area contributed by atoms with Gasteiger partial charge in [-0.1, -0.05) is 0 Å². The summed E-state index contributed by atoms with van der Waals surface area (Å²) >= 11 is -0.602. The third-order valence-corrected chi connectivity index (χ3v) is 7.00. The molecule has 0 spiro atoms. The summed E-state index contributed by atoms with van der Waals surface area (Å²) in [6.07, 6.45) is 2.32. The molecule has 5 nitrogen and oxygen atoms in total. The molecule has 0 aliphatic carbocycles. The van der Waals surface area contributed by atoms with Gasteiger partial charge in [-0.3, -0.25) is 0 Å². The van der Waals surface area contributed by atoms with Crippen molar-refractivity contribution in [2.75, 3.05) is 19.6 Å². The van der Waals surface area contributed by atoms with Crippen LogP contribution in [0.25, 0.3) is 11.3 Å². The second-order valence-corrected chi connectivity index (χ2v) is 9.04. The first kappa shape index (κ1) is 17.6. The Morgan fingerprint density at radius 1 is 1.19 bits per heavy atom. The fourth-order valence-corrected chi connectivity index (χ4v) is 4.87. The topological polar surface area (TPSA) is 62.6 Å². The molecular weight excluding hydrogens is 391 g/mol. The van der Waals surface area contributed by atoms with Crippen molar-refractivity contribution in [1.29, 1.82) is 0 Å². The maximum absolute atomic E-state index is 12.6. The number of benzene rings is 1. The standard InChI is InChI=1S/C20H23AsN2O3/c1-21-19(24)15-4-2-3-14(11-15)17-5-6-18(26-17)20(25)22-16-12-23-9-7-13(16)8-10-23/h2-6,11,13,16,21H,7-10,12H2,1H3,(H,22,25)/t16-/m0/s1. The van der Waals surface area contributed by atoms with Crippen molar-refractivity contribution >= 4 is 26.2 Å². The molecule has 3 aliphatic heterocycles. The van der Waals surface area contributed by atoms with E-state index in [-0.39, 0.29) is 16.5 Å². The van der Waals surface area contributed by atoms with Crippen molar-refractivity contribution in [3.8, 4) is 11.3 Å². The van der Waals surface area contributed by atoms with E-state index in [0.29, 0.717) is 17.4 Å². The maximum atomic E-state index is 12.6. The van der Waals surface area contributed by atoms with E-state index in [1.807, 2.05) is 30.0 Å². The zero-order chi connectivity index (χ0) is 18.1. The molecule has 1 aromatic heterocycles. The Morgan fingerprint density at radius 3 is 2.69 bits per heavy atom. The van der Waals surface area contributed by atoms with Crippen LogP contribution in [0, 0.1) is 5.92 Å². The Balaban J connectivity index is 1.47. The monoisotopic (exact) mass is 414 g/mol. The molecule has 2 atom stereocenters. The first-order valence-electron chi connectivity index (χ1n) is 9.09. The van der Waals surface area contributed by atoms with Crippen molar-refractivity contribution in [3.63, 3.8) is 0 Å².